The van der Waals surface area contributed by atoms with E-state index in [0.29, 0.717) is 35.5 Å². The number of ether oxygens (including phenoxy) is 1. The quantitative estimate of drug-likeness (QED) is 0.254. The summed E-state index contributed by atoms with van der Waals surface area (Å²) in [7, 11) is 0. The lowest BCUT2D eigenvalue weighted by Gasteiger charge is -2.71. The average Bonchev–Trinajstić information content (AvgIpc) is 3.49. The summed E-state index contributed by atoms with van der Waals surface area (Å²) in [5.74, 6) is 2.89. The van der Waals surface area contributed by atoms with Crippen molar-refractivity contribution in [2.75, 3.05) is 0 Å². The van der Waals surface area contributed by atoms with Crippen molar-refractivity contribution in [2.24, 2.45) is 56.7 Å². The molecule has 2 aromatic rings. The summed E-state index contributed by atoms with van der Waals surface area (Å²) in [6, 6.07) is 7.74. The molecule has 0 aliphatic heterocycles. The molecule has 4 fully saturated rings. The minimum absolute atomic E-state index is 0.00424. The van der Waals surface area contributed by atoms with Crippen LogP contribution in [-0.4, -0.2) is 27.4 Å². The lowest BCUT2D eigenvalue weighted by Crippen LogP contribution is -2.65. The summed E-state index contributed by atoms with van der Waals surface area (Å²) in [4.78, 5) is 14.4. The first-order valence-corrected chi connectivity index (χ1v) is 18.6. The van der Waals surface area contributed by atoms with Gasteiger partial charge in [-0.25, -0.2) is 0 Å². The highest BCUT2D eigenvalue weighted by molar-refractivity contribution is 9.10. The predicted molar refractivity (Wildman–Crippen MR) is 182 cm³/mol. The van der Waals surface area contributed by atoms with Crippen LogP contribution in [0.2, 0.25) is 0 Å². The maximum Gasteiger partial charge on any atom is 0.313 e. The fourth-order valence-electron chi connectivity index (χ4n) is 12.2. The predicted octanol–water partition coefficient (Wildman–Crippen LogP) is 9.56. The van der Waals surface area contributed by atoms with Crippen molar-refractivity contribution < 1.29 is 19.1 Å². The van der Waals surface area contributed by atoms with E-state index in [9.17, 15) is 9.90 Å². The lowest BCUT2D eigenvalue weighted by molar-refractivity contribution is -0.207. The maximum absolute atomic E-state index is 14.4. The van der Waals surface area contributed by atoms with Gasteiger partial charge >= 0.3 is 5.97 Å². The van der Waals surface area contributed by atoms with E-state index < -0.39 is 5.41 Å². The Kier molecular flexibility index (Phi) is 7.80. The van der Waals surface area contributed by atoms with Gasteiger partial charge in [-0.3, -0.25) is 4.79 Å². The molecule has 0 saturated heterocycles. The van der Waals surface area contributed by atoms with Crippen molar-refractivity contribution in [2.45, 2.75) is 119 Å². The fraction of sp³-hybridized carbons (Fsp3) is 0.718. The molecule has 1 heterocycles. The molecule has 0 spiro atoms. The normalized spacial score (nSPS) is 42.9. The maximum atomic E-state index is 14.4. The van der Waals surface area contributed by atoms with Gasteiger partial charge in [0.05, 0.1) is 11.5 Å². The number of rotatable bonds is 4. The van der Waals surface area contributed by atoms with E-state index in [2.05, 4.69) is 80.7 Å². The third-order valence-corrected chi connectivity index (χ3v) is 15.7. The minimum atomic E-state index is -0.522. The van der Waals surface area contributed by atoms with Crippen LogP contribution in [0.1, 0.15) is 112 Å². The molecule has 10 atom stereocenters. The Morgan fingerprint density at radius 2 is 1.78 bits per heavy atom. The molecule has 6 nitrogen and oxygen atoms in total. The number of hydrogen-bond donors (Lipinski definition) is 1. The summed E-state index contributed by atoms with van der Waals surface area (Å²) >= 11 is 3.50. The van der Waals surface area contributed by atoms with Crippen molar-refractivity contribution in [3.05, 3.63) is 46.3 Å². The van der Waals surface area contributed by atoms with Gasteiger partial charge in [0, 0.05) is 10.0 Å². The van der Waals surface area contributed by atoms with E-state index in [-0.39, 0.29) is 46.3 Å². The van der Waals surface area contributed by atoms with Crippen LogP contribution in [0.3, 0.4) is 0 Å². The van der Waals surface area contributed by atoms with Crippen LogP contribution in [0.4, 0.5) is 0 Å². The standard InChI is InChI=1S/C39H53BrN2O4/c1-23-13-18-39(34(44)45-22-31-41-42-33(46-31)25-9-8-10-26(40)21-25)20-19-37(6)27(32(39)24(23)2)11-12-29-36(5)16-15-30(43)35(3,4)28(36)14-17-38(29,37)7/h8-11,21,23-24,28-30,32,43H,12-20,22H2,1-7H3/t23-,24+,28+,29-,30+,32+,36+,37-,38-,39+/m1/s1. The van der Waals surface area contributed by atoms with Crippen LogP contribution < -0.4 is 0 Å². The summed E-state index contributed by atoms with van der Waals surface area (Å²) in [5, 5.41) is 19.5. The molecule has 1 aromatic heterocycles. The Labute approximate surface area is 283 Å². The SMILES string of the molecule is C[C@H]1[C@H](C)CC[C@]2(C(=O)OCc3nnc(-c4cccc(Br)c4)o3)CC[C@]3(C)C(=CC[C@@H]4[C@@]5(C)CC[C@H](O)C(C)(C)[C@@H]5CC[C@]43C)[C@H]12. The number of hydrogen-bond acceptors (Lipinski definition) is 6. The monoisotopic (exact) mass is 692 g/mol. The van der Waals surface area contributed by atoms with Crippen LogP contribution in [0.5, 0.6) is 0 Å². The van der Waals surface area contributed by atoms with Crippen LogP contribution in [0.15, 0.2) is 44.8 Å². The zero-order valence-corrected chi connectivity index (χ0v) is 30.5. The number of benzene rings is 1. The Hall–Kier alpha value is -1.99. The topological polar surface area (TPSA) is 85.5 Å². The van der Waals surface area contributed by atoms with E-state index in [1.807, 2.05) is 24.3 Å². The number of nitrogens with zero attached hydrogens (tertiary/aromatic N) is 2. The summed E-state index contributed by atoms with van der Waals surface area (Å²) in [5.41, 5.74) is 2.19. The molecular formula is C39H53BrN2O4. The number of fused-ring (bicyclic) bond motifs is 7. The van der Waals surface area contributed by atoms with Crippen molar-refractivity contribution in [1.82, 2.24) is 10.2 Å². The molecule has 0 radical (unpaired) electrons. The van der Waals surface area contributed by atoms with Crippen molar-refractivity contribution in [3.63, 3.8) is 0 Å². The molecule has 1 N–H and O–H groups in total. The number of carbonyl (C=O) groups is 1. The molecule has 250 valence electrons. The highest BCUT2D eigenvalue weighted by Gasteiger charge is 2.69. The van der Waals surface area contributed by atoms with Crippen molar-refractivity contribution in [3.8, 4) is 11.5 Å². The zero-order valence-electron chi connectivity index (χ0n) is 28.9. The number of esters is 1. The molecule has 1 aromatic carbocycles. The highest BCUT2D eigenvalue weighted by Crippen LogP contribution is 2.75. The number of aliphatic hydroxyl groups excluding tert-OH is 1. The number of allylic oxidation sites excluding steroid dienone is 2. The first-order chi connectivity index (χ1) is 21.7. The van der Waals surface area contributed by atoms with Gasteiger partial charge in [0.1, 0.15) is 0 Å². The summed E-state index contributed by atoms with van der Waals surface area (Å²) in [6.45, 7) is 17.1. The fourth-order valence-corrected chi connectivity index (χ4v) is 12.6. The summed E-state index contributed by atoms with van der Waals surface area (Å²) in [6.07, 6.45) is 11.6. The first kappa shape index (κ1) is 32.6. The van der Waals surface area contributed by atoms with Crippen molar-refractivity contribution in [1.29, 1.82) is 0 Å². The Morgan fingerprint density at radius 1 is 1.00 bits per heavy atom. The summed E-state index contributed by atoms with van der Waals surface area (Å²) < 4.78 is 13.0. The van der Waals surface area contributed by atoms with E-state index in [1.54, 1.807) is 5.57 Å². The minimum Gasteiger partial charge on any atom is -0.455 e. The smallest absolute Gasteiger partial charge is 0.313 e. The van der Waals surface area contributed by atoms with E-state index >= 15 is 0 Å². The van der Waals surface area contributed by atoms with Gasteiger partial charge in [-0.05, 0) is 127 Å². The third-order valence-electron chi connectivity index (χ3n) is 15.2. The van der Waals surface area contributed by atoms with Crippen LogP contribution in [-0.2, 0) is 16.1 Å². The second-order valence-electron chi connectivity index (χ2n) is 17.3. The molecule has 5 aliphatic rings. The second kappa shape index (κ2) is 11.0. The van der Waals surface area contributed by atoms with Gasteiger partial charge < -0.3 is 14.3 Å². The highest BCUT2D eigenvalue weighted by atomic mass is 79.9. The molecule has 7 heteroatoms. The molecule has 0 unspecified atom stereocenters. The zero-order chi connectivity index (χ0) is 32.9. The van der Waals surface area contributed by atoms with Crippen LogP contribution in [0, 0.1) is 56.7 Å². The number of carbonyl (C=O) groups excluding carboxylic acids is 1. The molecule has 5 aliphatic carbocycles. The average molecular weight is 694 g/mol. The van der Waals surface area contributed by atoms with E-state index in [0.717, 1.165) is 55.0 Å². The molecule has 4 saturated carbocycles. The van der Waals surface area contributed by atoms with Gasteiger partial charge in [-0.15, -0.1) is 10.2 Å². The van der Waals surface area contributed by atoms with E-state index in [4.69, 9.17) is 9.15 Å². The van der Waals surface area contributed by atoms with E-state index in [1.165, 1.54) is 12.8 Å². The number of aromatic nitrogens is 2. The second-order valence-corrected chi connectivity index (χ2v) is 18.2. The molecule has 0 bridgehead atoms. The number of halogens is 1. The van der Waals surface area contributed by atoms with Crippen molar-refractivity contribution >= 4 is 21.9 Å². The molecular weight excluding hydrogens is 640 g/mol. The van der Waals surface area contributed by atoms with Crippen LogP contribution >= 0.6 is 15.9 Å². The molecule has 0 amide bonds. The lowest BCUT2D eigenvalue weighted by atomic mass is 9.33. The Morgan fingerprint density at radius 3 is 2.54 bits per heavy atom. The number of aliphatic hydroxyl groups is 1. The van der Waals surface area contributed by atoms with Gasteiger partial charge in [-0.1, -0.05) is 82.1 Å². The van der Waals surface area contributed by atoms with Crippen LogP contribution in [0.25, 0.3) is 11.5 Å². The van der Waals surface area contributed by atoms with Gasteiger partial charge in [0.2, 0.25) is 5.89 Å². The van der Waals surface area contributed by atoms with Gasteiger partial charge in [-0.2, -0.15) is 0 Å². The molecule has 46 heavy (non-hydrogen) atoms. The molecule has 7 rings (SSSR count). The third kappa shape index (κ3) is 4.52. The Balaban J connectivity index is 1.19. The Bertz CT molecular complexity index is 1550. The van der Waals surface area contributed by atoms with Gasteiger partial charge in [0.15, 0.2) is 6.61 Å². The largest absolute Gasteiger partial charge is 0.455 e. The van der Waals surface area contributed by atoms with Gasteiger partial charge in [0.25, 0.3) is 5.89 Å². The first-order valence-electron chi connectivity index (χ1n) is 17.8.